The molecule has 0 unspecified atom stereocenters. The second-order valence-corrected chi connectivity index (χ2v) is 3.94. The van der Waals surface area contributed by atoms with E-state index in [9.17, 15) is 4.79 Å². The van der Waals surface area contributed by atoms with Crippen LogP contribution in [0.1, 0.15) is 23.5 Å². The van der Waals surface area contributed by atoms with E-state index in [-0.39, 0.29) is 11.9 Å². The number of hydrogen-bond donors (Lipinski definition) is 2. The largest absolute Gasteiger partial charge is 0.365 e. The van der Waals surface area contributed by atoms with Crippen molar-refractivity contribution in [2.75, 3.05) is 12.4 Å². The van der Waals surface area contributed by atoms with Gasteiger partial charge in [-0.1, -0.05) is 11.3 Å². The molecule has 0 saturated heterocycles. The molecular weight excluding hydrogens is 186 g/mol. The molecule has 1 aromatic rings. The van der Waals surface area contributed by atoms with E-state index in [4.69, 9.17) is 0 Å². The molecule has 1 rings (SSSR count). The number of carbonyl (C=O) groups is 1. The SMILES string of the molecule is CNc1ncc(C(=O)NC(C)C)s1. The maximum atomic E-state index is 11.4. The zero-order valence-electron chi connectivity index (χ0n) is 7.92. The van der Waals surface area contributed by atoms with Gasteiger partial charge >= 0.3 is 0 Å². The maximum Gasteiger partial charge on any atom is 0.263 e. The van der Waals surface area contributed by atoms with Crippen molar-refractivity contribution >= 4 is 22.4 Å². The van der Waals surface area contributed by atoms with Crippen LogP contribution >= 0.6 is 11.3 Å². The summed E-state index contributed by atoms with van der Waals surface area (Å²) < 4.78 is 0. The van der Waals surface area contributed by atoms with Crippen LogP contribution in [0.5, 0.6) is 0 Å². The third-order valence-corrected chi connectivity index (χ3v) is 2.38. The monoisotopic (exact) mass is 199 g/mol. The van der Waals surface area contributed by atoms with E-state index in [1.165, 1.54) is 11.3 Å². The highest BCUT2D eigenvalue weighted by Crippen LogP contribution is 2.16. The Morgan fingerprint density at radius 3 is 2.77 bits per heavy atom. The summed E-state index contributed by atoms with van der Waals surface area (Å²) in [5.74, 6) is -0.0611. The quantitative estimate of drug-likeness (QED) is 0.772. The molecule has 2 N–H and O–H groups in total. The molecular formula is C8H13N3OS. The molecule has 13 heavy (non-hydrogen) atoms. The standard InChI is InChI=1S/C8H13N3OS/c1-5(2)11-7(12)6-4-10-8(9-3)13-6/h4-5H,1-3H3,(H,9,10)(H,11,12). The van der Waals surface area contributed by atoms with Gasteiger partial charge in [0.05, 0.1) is 6.20 Å². The minimum atomic E-state index is -0.0611. The summed E-state index contributed by atoms with van der Waals surface area (Å²) in [5, 5.41) is 6.44. The maximum absolute atomic E-state index is 11.4. The van der Waals surface area contributed by atoms with Crippen LogP contribution in [0.4, 0.5) is 5.13 Å². The zero-order valence-corrected chi connectivity index (χ0v) is 8.73. The number of amides is 1. The molecule has 72 valence electrons. The molecule has 0 aromatic carbocycles. The van der Waals surface area contributed by atoms with Crippen molar-refractivity contribution in [3.05, 3.63) is 11.1 Å². The van der Waals surface area contributed by atoms with Crippen LogP contribution < -0.4 is 10.6 Å². The van der Waals surface area contributed by atoms with Crippen LogP contribution in [-0.2, 0) is 0 Å². The second-order valence-electron chi connectivity index (χ2n) is 2.91. The van der Waals surface area contributed by atoms with Gasteiger partial charge in [0.2, 0.25) is 0 Å². The number of anilines is 1. The number of hydrogen-bond acceptors (Lipinski definition) is 4. The Bertz CT molecular complexity index is 295. The molecule has 5 heteroatoms. The summed E-state index contributed by atoms with van der Waals surface area (Å²) in [4.78, 5) is 16.1. The Kier molecular flexibility index (Phi) is 3.25. The van der Waals surface area contributed by atoms with Gasteiger partial charge in [0.1, 0.15) is 4.88 Å². The fourth-order valence-electron chi connectivity index (χ4n) is 0.828. The van der Waals surface area contributed by atoms with E-state index >= 15 is 0 Å². The van der Waals surface area contributed by atoms with Gasteiger partial charge in [-0.05, 0) is 13.8 Å². The number of thiazole rings is 1. The van der Waals surface area contributed by atoms with Gasteiger partial charge in [-0.2, -0.15) is 0 Å². The lowest BCUT2D eigenvalue weighted by Gasteiger charge is -2.05. The van der Waals surface area contributed by atoms with Gasteiger partial charge in [0.15, 0.2) is 5.13 Å². The predicted octanol–water partition coefficient (Wildman–Crippen LogP) is 1.32. The summed E-state index contributed by atoms with van der Waals surface area (Å²) in [5.41, 5.74) is 0. The van der Waals surface area contributed by atoms with Gasteiger partial charge in [-0.3, -0.25) is 4.79 Å². The fourth-order valence-corrected chi connectivity index (χ4v) is 1.50. The van der Waals surface area contributed by atoms with Gasteiger partial charge in [-0.15, -0.1) is 0 Å². The Balaban J connectivity index is 2.66. The first kappa shape index (κ1) is 9.98. The number of aromatic nitrogens is 1. The average molecular weight is 199 g/mol. The molecule has 0 atom stereocenters. The molecule has 4 nitrogen and oxygen atoms in total. The highest BCUT2D eigenvalue weighted by molar-refractivity contribution is 7.17. The highest BCUT2D eigenvalue weighted by atomic mass is 32.1. The molecule has 0 radical (unpaired) electrons. The molecule has 0 spiro atoms. The molecule has 0 bridgehead atoms. The minimum Gasteiger partial charge on any atom is -0.365 e. The van der Waals surface area contributed by atoms with E-state index in [1.54, 1.807) is 13.2 Å². The highest BCUT2D eigenvalue weighted by Gasteiger charge is 2.10. The van der Waals surface area contributed by atoms with Crippen LogP contribution in [0.2, 0.25) is 0 Å². The summed E-state index contributed by atoms with van der Waals surface area (Å²) in [6.07, 6.45) is 1.58. The number of nitrogens with zero attached hydrogens (tertiary/aromatic N) is 1. The molecule has 0 saturated carbocycles. The van der Waals surface area contributed by atoms with Gasteiger partial charge in [-0.25, -0.2) is 4.98 Å². The van der Waals surface area contributed by atoms with E-state index in [0.29, 0.717) is 4.88 Å². The normalized spacial score (nSPS) is 10.2. The Hall–Kier alpha value is -1.10. The zero-order chi connectivity index (χ0) is 9.84. The lowest BCUT2D eigenvalue weighted by Crippen LogP contribution is -2.29. The molecule has 0 aliphatic carbocycles. The summed E-state index contributed by atoms with van der Waals surface area (Å²) in [6, 6.07) is 0.160. The van der Waals surface area contributed by atoms with Crippen molar-refractivity contribution in [2.45, 2.75) is 19.9 Å². The molecule has 1 aromatic heterocycles. The van der Waals surface area contributed by atoms with E-state index < -0.39 is 0 Å². The molecule has 0 aliphatic rings. The third-order valence-electron chi connectivity index (χ3n) is 1.36. The van der Waals surface area contributed by atoms with Crippen LogP contribution in [0.25, 0.3) is 0 Å². The van der Waals surface area contributed by atoms with Crippen molar-refractivity contribution in [1.29, 1.82) is 0 Å². The van der Waals surface area contributed by atoms with Gasteiger partial charge in [0, 0.05) is 13.1 Å². The Morgan fingerprint density at radius 1 is 1.62 bits per heavy atom. The second kappa shape index (κ2) is 4.23. The summed E-state index contributed by atoms with van der Waals surface area (Å²) in [7, 11) is 1.78. The lowest BCUT2D eigenvalue weighted by molar-refractivity contribution is 0.0947. The summed E-state index contributed by atoms with van der Waals surface area (Å²) in [6.45, 7) is 3.86. The Labute approximate surface area is 81.4 Å². The third kappa shape index (κ3) is 2.69. The van der Waals surface area contributed by atoms with Crippen LogP contribution in [0.15, 0.2) is 6.20 Å². The van der Waals surface area contributed by atoms with Crippen molar-refractivity contribution in [3.8, 4) is 0 Å². The number of nitrogens with one attached hydrogen (secondary N) is 2. The average Bonchev–Trinajstić information content (AvgIpc) is 2.50. The van der Waals surface area contributed by atoms with Crippen LogP contribution in [-0.4, -0.2) is 24.0 Å². The lowest BCUT2D eigenvalue weighted by atomic mass is 10.4. The molecule has 0 fully saturated rings. The molecule has 0 aliphatic heterocycles. The van der Waals surface area contributed by atoms with E-state index in [1.807, 2.05) is 13.8 Å². The summed E-state index contributed by atoms with van der Waals surface area (Å²) >= 11 is 1.35. The predicted molar refractivity (Wildman–Crippen MR) is 54.3 cm³/mol. The van der Waals surface area contributed by atoms with E-state index in [0.717, 1.165) is 5.13 Å². The minimum absolute atomic E-state index is 0.0611. The van der Waals surface area contributed by atoms with Crippen LogP contribution in [0.3, 0.4) is 0 Å². The van der Waals surface area contributed by atoms with Crippen molar-refractivity contribution in [2.24, 2.45) is 0 Å². The van der Waals surface area contributed by atoms with Crippen molar-refractivity contribution in [1.82, 2.24) is 10.3 Å². The Morgan fingerprint density at radius 2 is 2.31 bits per heavy atom. The first-order valence-corrected chi connectivity index (χ1v) is 4.89. The van der Waals surface area contributed by atoms with Crippen molar-refractivity contribution in [3.63, 3.8) is 0 Å². The van der Waals surface area contributed by atoms with Crippen LogP contribution in [0, 0.1) is 0 Å². The molecule has 1 heterocycles. The first-order chi connectivity index (χ1) is 6.13. The fraction of sp³-hybridized carbons (Fsp3) is 0.500. The van der Waals surface area contributed by atoms with Gasteiger partial charge in [0.25, 0.3) is 5.91 Å². The smallest absolute Gasteiger partial charge is 0.263 e. The molecule has 1 amide bonds. The number of rotatable bonds is 3. The first-order valence-electron chi connectivity index (χ1n) is 4.08. The number of carbonyl (C=O) groups excluding carboxylic acids is 1. The van der Waals surface area contributed by atoms with Crippen molar-refractivity contribution < 1.29 is 4.79 Å². The van der Waals surface area contributed by atoms with Gasteiger partial charge < -0.3 is 10.6 Å². The topological polar surface area (TPSA) is 54.0 Å². The van der Waals surface area contributed by atoms with E-state index in [2.05, 4.69) is 15.6 Å².